The Morgan fingerprint density at radius 2 is 2.14 bits per heavy atom. The highest BCUT2D eigenvalue weighted by atomic mass is 35.5. The van der Waals surface area contributed by atoms with Gasteiger partial charge in [0.2, 0.25) is 0 Å². The van der Waals surface area contributed by atoms with Crippen molar-refractivity contribution in [2.45, 2.75) is 51.5 Å². The number of benzene rings is 1. The molecular weight excluding hydrogens is 286 g/mol. The number of rotatable bonds is 4. The Balaban J connectivity index is 2.04. The minimum Gasteiger partial charge on any atom is -0.465 e. The highest BCUT2D eigenvalue weighted by molar-refractivity contribution is 6.33. The Hall–Kier alpha value is -1.22. The SMILES string of the molecule is CCC1CCCC(Nc2ccc(Cl)c(C(=O)OC)c2)CC1. The predicted molar refractivity (Wildman–Crippen MR) is 87.1 cm³/mol. The summed E-state index contributed by atoms with van der Waals surface area (Å²) < 4.78 is 4.76. The normalized spacial score (nSPS) is 22.4. The van der Waals surface area contributed by atoms with Crippen molar-refractivity contribution in [1.29, 1.82) is 0 Å². The fourth-order valence-electron chi connectivity index (χ4n) is 3.05. The molecule has 3 nitrogen and oxygen atoms in total. The van der Waals surface area contributed by atoms with E-state index >= 15 is 0 Å². The summed E-state index contributed by atoms with van der Waals surface area (Å²) in [4.78, 5) is 11.7. The molecule has 0 aromatic heterocycles. The van der Waals surface area contributed by atoms with Crippen molar-refractivity contribution in [3.05, 3.63) is 28.8 Å². The number of hydrogen-bond acceptors (Lipinski definition) is 3. The lowest BCUT2D eigenvalue weighted by Gasteiger charge is -2.18. The van der Waals surface area contributed by atoms with Gasteiger partial charge in [-0.25, -0.2) is 4.79 Å². The third-order valence-corrected chi connectivity index (χ3v) is 4.74. The average Bonchev–Trinajstić information content (AvgIpc) is 2.73. The fourth-order valence-corrected chi connectivity index (χ4v) is 3.24. The summed E-state index contributed by atoms with van der Waals surface area (Å²) in [6.45, 7) is 2.28. The number of nitrogens with one attached hydrogen (secondary N) is 1. The van der Waals surface area contributed by atoms with E-state index in [-0.39, 0.29) is 0 Å². The Kier molecular flexibility index (Phi) is 5.92. The number of halogens is 1. The number of esters is 1. The van der Waals surface area contributed by atoms with Gasteiger partial charge < -0.3 is 10.1 Å². The second-order valence-electron chi connectivity index (χ2n) is 5.81. The van der Waals surface area contributed by atoms with E-state index in [1.54, 1.807) is 12.1 Å². The van der Waals surface area contributed by atoms with Crippen LogP contribution in [0.1, 0.15) is 55.8 Å². The van der Waals surface area contributed by atoms with Crippen LogP contribution in [0.3, 0.4) is 0 Å². The van der Waals surface area contributed by atoms with Crippen LogP contribution in [0, 0.1) is 5.92 Å². The molecule has 0 amide bonds. The zero-order valence-electron chi connectivity index (χ0n) is 12.8. The van der Waals surface area contributed by atoms with E-state index < -0.39 is 5.97 Å². The van der Waals surface area contributed by atoms with Gasteiger partial charge in [0.1, 0.15) is 0 Å². The maximum absolute atomic E-state index is 11.7. The first-order chi connectivity index (χ1) is 10.1. The van der Waals surface area contributed by atoms with Crippen LogP contribution in [-0.4, -0.2) is 19.1 Å². The molecule has 2 atom stereocenters. The van der Waals surface area contributed by atoms with Crippen molar-refractivity contribution < 1.29 is 9.53 Å². The van der Waals surface area contributed by atoms with Gasteiger partial charge in [-0.1, -0.05) is 37.8 Å². The minimum atomic E-state index is -0.393. The van der Waals surface area contributed by atoms with Crippen LogP contribution in [0.15, 0.2) is 18.2 Å². The van der Waals surface area contributed by atoms with E-state index in [1.165, 1.54) is 45.6 Å². The third-order valence-electron chi connectivity index (χ3n) is 4.41. The molecule has 1 saturated carbocycles. The van der Waals surface area contributed by atoms with E-state index in [1.807, 2.05) is 6.07 Å². The number of ether oxygens (including phenoxy) is 1. The molecule has 116 valence electrons. The molecule has 0 bridgehead atoms. The van der Waals surface area contributed by atoms with E-state index in [0.717, 1.165) is 11.6 Å². The van der Waals surface area contributed by atoms with Crippen molar-refractivity contribution in [1.82, 2.24) is 0 Å². The van der Waals surface area contributed by atoms with Crippen LogP contribution in [-0.2, 0) is 4.74 Å². The molecule has 0 spiro atoms. The van der Waals surface area contributed by atoms with Gasteiger partial charge in [0.25, 0.3) is 0 Å². The van der Waals surface area contributed by atoms with Gasteiger partial charge in [0, 0.05) is 11.7 Å². The lowest BCUT2D eigenvalue weighted by molar-refractivity contribution is 0.0601. The lowest BCUT2D eigenvalue weighted by atomic mass is 9.98. The van der Waals surface area contributed by atoms with E-state index in [9.17, 15) is 4.79 Å². The average molecular weight is 310 g/mol. The van der Waals surface area contributed by atoms with E-state index in [2.05, 4.69) is 12.2 Å². The molecule has 4 heteroatoms. The van der Waals surface area contributed by atoms with Gasteiger partial charge in [-0.2, -0.15) is 0 Å². The number of carbonyl (C=O) groups is 1. The zero-order valence-corrected chi connectivity index (χ0v) is 13.6. The molecule has 1 aromatic carbocycles. The summed E-state index contributed by atoms with van der Waals surface area (Å²) in [5.74, 6) is 0.475. The molecule has 0 aliphatic heterocycles. The third kappa shape index (κ3) is 4.37. The summed E-state index contributed by atoms with van der Waals surface area (Å²) in [6.07, 6.45) is 7.55. The predicted octanol–water partition coefficient (Wildman–Crippen LogP) is 4.90. The van der Waals surface area contributed by atoms with Gasteiger partial charge in [0.15, 0.2) is 0 Å². The molecule has 1 aromatic rings. The fraction of sp³-hybridized carbons (Fsp3) is 0.588. The highest BCUT2D eigenvalue weighted by Crippen LogP contribution is 2.28. The Morgan fingerprint density at radius 1 is 1.33 bits per heavy atom. The highest BCUT2D eigenvalue weighted by Gasteiger charge is 2.18. The smallest absolute Gasteiger partial charge is 0.339 e. The molecule has 0 saturated heterocycles. The maximum Gasteiger partial charge on any atom is 0.339 e. The summed E-state index contributed by atoms with van der Waals surface area (Å²) in [6, 6.07) is 5.95. The molecule has 2 unspecified atom stereocenters. The molecule has 1 N–H and O–H groups in total. The number of hydrogen-bond donors (Lipinski definition) is 1. The topological polar surface area (TPSA) is 38.3 Å². The van der Waals surface area contributed by atoms with Crippen LogP contribution in [0.25, 0.3) is 0 Å². The van der Waals surface area contributed by atoms with Crippen molar-refractivity contribution >= 4 is 23.3 Å². The number of carbonyl (C=O) groups excluding carboxylic acids is 1. The summed E-state index contributed by atoms with van der Waals surface area (Å²) in [7, 11) is 1.37. The quantitative estimate of drug-likeness (QED) is 0.635. The summed E-state index contributed by atoms with van der Waals surface area (Å²) >= 11 is 6.05. The second-order valence-corrected chi connectivity index (χ2v) is 6.22. The molecule has 1 aliphatic rings. The molecule has 0 heterocycles. The van der Waals surface area contributed by atoms with Crippen LogP contribution >= 0.6 is 11.6 Å². The number of methoxy groups -OCH3 is 1. The van der Waals surface area contributed by atoms with Gasteiger partial charge in [0.05, 0.1) is 17.7 Å². The van der Waals surface area contributed by atoms with Gasteiger partial charge in [-0.05, 0) is 43.4 Å². The molecule has 2 rings (SSSR count). The Morgan fingerprint density at radius 3 is 2.86 bits per heavy atom. The monoisotopic (exact) mass is 309 g/mol. The molecule has 1 aliphatic carbocycles. The zero-order chi connectivity index (χ0) is 15.2. The molecule has 21 heavy (non-hydrogen) atoms. The first-order valence-corrected chi connectivity index (χ1v) is 8.16. The first kappa shape index (κ1) is 16.2. The van der Waals surface area contributed by atoms with Crippen LogP contribution in [0.4, 0.5) is 5.69 Å². The van der Waals surface area contributed by atoms with Crippen LogP contribution < -0.4 is 5.32 Å². The number of anilines is 1. The van der Waals surface area contributed by atoms with Gasteiger partial charge >= 0.3 is 5.97 Å². The van der Waals surface area contributed by atoms with Crippen molar-refractivity contribution in [2.75, 3.05) is 12.4 Å². The van der Waals surface area contributed by atoms with Crippen LogP contribution in [0.5, 0.6) is 0 Å². The minimum absolute atomic E-state index is 0.393. The van der Waals surface area contributed by atoms with Crippen LogP contribution in [0.2, 0.25) is 5.02 Å². The van der Waals surface area contributed by atoms with Gasteiger partial charge in [-0.15, -0.1) is 0 Å². The summed E-state index contributed by atoms with van der Waals surface area (Å²) in [5, 5.41) is 3.98. The van der Waals surface area contributed by atoms with Gasteiger partial charge in [-0.3, -0.25) is 0 Å². The van der Waals surface area contributed by atoms with E-state index in [4.69, 9.17) is 16.3 Å². The standard InChI is InChI=1S/C17H24ClNO2/c1-3-12-5-4-6-13(8-7-12)19-14-9-10-16(18)15(11-14)17(20)21-2/h9-13,19H,3-8H2,1-2H3. The molecular formula is C17H24ClNO2. The Labute approximate surface area is 132 Å². The first-order valence-electron chi connectivity index (χ1n) is 7.78. The Bertz CT molecular complexity index is 490. The summed E-state index contributed by atoms with van der Waals surface area (Å²) in [5.41, 5.74) is 1.36. The largest absolute Gasteiger partial charge is 0.465 e. The molecule has 1 fully saturated rings. The van der Waals surface area contributed by atoms with E-state index in [0.29, 0.717) is 16.6 Å². The maximum atomic E-state index is 11.7. The van der Waals surface area contributed by atoms with Crippen molar-refractivity contribution in [3.63, 3.8) is 0 Å². The van der Waals surface area contributed by atoms with Crippen molar-refractivity contribution in [3.8, 4) is 0 Å². The lowest BCUT2D eigenvalue weighted by Crippen LogP contribution is -2.18. The second kappa shape index (κ2) is 7.69. The van der Waals surface area contributed by atoms with Crippen molar-refractivity contribution in [2.24, 2.45) is 5.92 Å². The molecule has 0 radical (unpaired) electrons.